The number of hydrogen-bond acceptors (Lipinski definition) is 5. The fourth-order valence-electron chi connectivity index (χ4n) is 2.65. The first-order valence-electron chi connectivity index (χ1n) is 8.52. The van der Waals surface area contributed by atoms with E-state index in [0.29, 0.717) is 30.4 Å². The van der Waals surface area contributed by atoms with E-state index in [1.165, 1.54) is 0 Å². The van der Waals surface area contributed by atoms with Gasteiger partial charge in [-0.15, -0.1) is 0 Å². The Kier molecular flexibility index (Phi) is 5.53. The Morgan fingerprint density at radius 2 is 1.92 bits per heavy atom. The van der Waals surface area contributed by atoms with Crippen molar-refractivity contribution >= 4 is 17.4 Å². The lowest BCUT2D eigenvalue weighted by Crippen LogP contribution is -2.31. The van der Waals surface area contributed by atoms with Gasteiger partial charge in [-0.1, -0.05) is 24.3 Å². The van der Waals surface area contributed by atoms with Crippen LogP contribution in [0.1, 0.15) is 28.8 Å². The van der Waals surface area contributed by atoms with E-state index in [-0.39, 0.29) is 5.91 Å². The summed E-state index contributed by atoms with van der Waals surface area (Å²) >= 11 is 0. The van der Waals surface area contributed by atoms with E-state index in [0.717, 1.165) is 11.3 Å². The summed E-state index contributed by atoms with van der Waals surface area (Å²) in [6.07, 6.45) is 3.53. The van der Waals surface area contributed by atoms with Crippen LogP contribution in [0, 0.1) is 6.92 Å². The molecule has 3 aromatic rings. The molecule has 0 saturated carbocycles. The Bertz CT molecular complexity index is 868. The average Bonchev–Trinajstić information content (AvgIpc) is 2.68. The van der Waals surface area contributed by atoms with E-state index in [1.54, 1.807) is 30.3 Å². The van der Waals surface area contributed by atoms with E-state index in [4.69, 9.17) is 0 Å². The van der Waals surface area contributed by atoms with E-state index in [2.05, 4.69) is 20.3 Å². The van der Waals surface area contributed by atoms with Crippen LogP contribution in [0.5, 0.6) is 0 Å². The Balaban J connectivity index is 1.81. The van der Waals surface area contributed by atoms with Gasteiger partial charge in [0.2, 0.25) is 0 Å². The lowest BCUT2D eigenvalue weighted by molar-refractivity contribution is 0.0983. The van der Waals surface area contributed by atoms with Crippen LogP contribution in [0.25, 0.3) is 0 Å². The summed E-state index contributed by atoms with van der Waals surface area (Å²) in [5.74, 6) is 1.02. The Hall–Kier alpha value is -3.28. The highest BCUT2D eigenvalue weighted by Crippen LogP contribution is 2.17. The van der Waals surface area contributed by atoms with Crippen LogP contribution in [-0.2, 0) is 6.54 Å². The second-order valence-electron chi connectivity index (χ2n) is 5.79. The smallest absolute Gasteiger partial charge is 0.277 e. The minimum atomic E-state index is -0.145. The van der Waals surface area contributed by atoms with Gasteiger partial charge in [0.25, 0.3) is 5.91 Å². The molecule has 3 rings (SSSR count). The third-order valence-electron chi connectivity index (χ3n) is 3.88. The number of benzene rings is 1. The summed E-state index contributed by atoms with van der Waals surface area (Å²) in [6.45, 7) is 4.86. The summed E-state index contributed by atoms with van der Waals surface area (Å²) in [4.78, 5) is 27.5. The molecule has 26 heavy (non-hydrogen) atoms. The summed E-state index contributed by atoms with van der Waals surface area (Å²) < 4.78 is 0. The highest BCUT2D eigenvalue weighted by Gasteiger charge is 2.18. The highest BCUT2D eigenvalue weighted by atomic mass is 16.2. The van der Waals surface area contributed by atoms with Gasteiger partial charge in [-0.05, 0) is 37.6 Å². The first kappa shape index (κ1) is 17.5. The molecule has 6 nitrogen and oxygen atoms in total. The Labute approximate surface area is 153 Å². The number of hydrogen-bond donors (Lipinski definition) is 1. The summed E-state index contributed by atoms with van der Waals surface area (Å²) in [5.41, 5.74) is 2.26. The van der Waals surface area contributed by atoms with Gasteiger partial charge in [0, 0.05) is 37.2 Å². The normalized spacial score (nSPS) is 10.4. The Morgan fingerprint density at radius 1 is 1.12 bits per heavy atom. The monoisotopic (exact) mass is 347 g/mol. The molecular weight excluding hydrogens is 326 g/mol. The van der Waals surface area contributed by atoms with Crippen molar-refractivity contribution in [3.05, 3.63) is 78.0 Å². The molecule has 2 heterocycles. The number of aromatic nitrogens is 3. The maximum atomic E-state index is 13.0. The molecular formula is C20H21N5O. The van der Waals surface area contributed by atoms with Crippen molar-refractivity contribution in [2.45, 2.75) is 20.4 Å². The molecule has 1 amide bonds. The molecule has 0 saturated heterocycles. The fraction of sp³-hybridized carbons (Fsp3) is 0.200. The zero-order valence-corrected chi connectivity index (χ0v) is 14.9. The quantitative estimate of drug-likeness (QED) is 0.739. The van der Waals surface area contributed by atoms with Crippen LogP contribution in [0.2, 0.25) is 0 Å². The van der Waals surface area contributed by atoms with Crippen LogP contribution < -0.4 is 10.2 Å². The number of amides is 1. The minimum absolute atomic E-state index is 0.145. The molecule has 0 radical (unpaired) electrons. The fourth-order valence-corrected chi connectivity index (χ4v) is 2.65. The predicted molar refractivity (Wildman–Crippen MR) is 102 cm³/mol. The molecule has 0 bridgehead atoms. The van der Waals surface area contributed by atoms with Crippen LogP contribution in [-0.4, -0.2) is 27.4 Å². The van der Waals surface area contributed by atoms with Gasteiger partial charge in [-0.3, -0.25) is 9.78 Å². The number of pyridine rings is 1. The summed E-state index contributed by atoms with van der Waals surface area (Å²) in [6, 6.07) is 15.1. The second-order valence-corrected chi connectivity index (χ2v) is 5.79. The lowest BCUT2D eigenvalue weighted by Gasteiger charge is -2.21. The largest absolute Gasteiger partial charge is 0.366 e. The number of aryl methyl sites for hydroxylation is 1. The molecule has 0 aliphatic heterocycles. The number of carbonyl (C=O) groups is 1. The Morgan fingerprint density at radius 3 is 2.62 bits per heavy atom. The average molecular weight is 347 g/mol. The van der Waals surface area contributed by atoms with Crippen molar-refractivity contribution in [3.63, 3.8) is 0 Å². The number of nitrogens with one attached hydrogen (secondary N) is 1. The molecule has 0 fully saturated rings. The number of nitrogens with zero attached hydrogens (tertiary/aromatic N) is 4. The van der Waals surface area contributed by atoms with Crippen molar-refractivity contribution in [3.8, 4) is 0 Å². The van der Waals surface area contributed by atoms with Crippen molar-refractivity contribution in [2.75, 3.05) is 16.8 Å². The van der Waals surface area contributed by atoms with Gasteiger partial charge in [0.1, 0.15) is 17.3 Å². The number of carbonyl (C=O) groups excluding carboxylic acids is 1. The van der Waals surface area contributed by atoms with Crippen molar-refractivity contribution in [2.24, 2.45) is 0 Å². The van der Waals surface area contributed by atoms with Gasteiger partial charge in [-0.2, -0.15) is 0 Å². The SMILES string of the molecule is CCN(C(=O)c1cc(NCc2cccnc2)nc(C)n1)c1ccccc1. The molecule has 6 heteroatoms. The first-order chi connectivity index (χ1) is 12.7. The molecule has 2 aromatic heterocycles. The molecule has 1 aromatic carbocycles. The summed E-state index contributed by atoms with van der Waals surface area (Å²) in [5, 5.41) is 3.23. The number of rotatable bonds is 6. The van der Waals surface area contributed by atoms with Crippen LogP contribution in [0.15, 0.2) is 60.9 Å². The van der Waals surface area contributed by atoms with E-state index in [9.17, 15) is 4.79 Å². The molecule has 0 atom stereocenters. The predicted octanol–water partition coefficient (Wildman–Crippen LogP) is 3.46. The third kappa shape index (κ3) is 4.22. The third-order valence-corrected chi connectivity index (χ3v) is 3.88. The standard InChI is InChI=1S/C20H21N5O/c1-3-25(17-9-5-4-6-10-17)20(26)18-12-19(24-15(2)23-18)22-14-16-8-7-11-21-13-16/h4-13H,3,14H2,1-2H3,(H,22,23,24). The van der Waals surface area contributed by atoms with E-state index in [1.807, 2.05) is 49.4 Å². The maximum Gasteiger partial charge on any atom is 0.277 e. The van der Waals surface area contributed by atoms with Gasteiger partial charge in [0.15, 0.2) is 0 Å². The summed E-state index contributed by atoms with van der Waals surface area (Å²) in [7, 11) is 0. The van der Waals surface area contributed by atoms with Crippen molar-refractivity contribution in [1.29, 1.82) is 0 Å². The van der Waals surface area contributed by atoms with Gasteiger partial charge in [-0.25, -0.2) is 9.97 Å². The molecule has 0 spiro atoms. The molecule has 132 valence electrons. The highest BCUT2D eigenvalue weighted by molar-refractivity contribution is 6.05. The molecule has 0 aliphatic carbocycles. The number of anilines is 2. The van der Waals surface area contributed by atoms with Gasteiger partial charge >= 0.3 is 0 Å². The van der Waals surface area contributed by atoms with Crippen LogP contribution in [0.3, 0.4) is 0 Å². The van der Waals surface area contributed by atoms with Crippen LogP contribution >= 0.6 is 0 Å². The second kappa shape index (κ2) is 8.20. The zero-order chi connectivity index (χ0) is 18.4. The van der Waals surface area contributed by atoms with Crippen molar-refractivity contribution < 1.29 is 4.79 Å². The van der Waals surface area contributed by atoms with Gasteiger partial charge < -0.3 is 10.2 Å². The maximum absolute atomic E-state index is 13.0. The number of para-hydroxylation sites is 1. The molecule has 1 N–H and O–H groups in total. The molecule has 0 unspecified atom stereocenters. The van der Waals surface area contributed by atoms with Crippen molar-refractivity contribution in [1.82, 2.24) is 15.0 Å². The first-order valence-corrected chi connectivity index (χ1v) is 8.52. The topological polar surface area (TPSA) is 71.0 Å². The molecule has 0 aliphatic rings. The van der Waals surface area contributed by atoms with E-state index >= 15 is 0 Å². The van der Waals surface area contributed by atoms with Gasteiger partial charge in [0.05, 0.1) is 0 Å². The minimum Gasteiger partial charge on any atom is -0.366 e. The zero-order valence-electron chi connectivity index (χ0n) is 14.9. The lowest BCUT2D eigenvalue weighted by atomic mass is 10.2. The van der Waals surface area contributed by atoms with E-state index < -0.39 is 0 Å². The van der Waals surface area contributed by atoms with Crippen LogP contribution in [0.4, 0.5) is 11.5 Å².